The zero-order valence-corrected chi connectivity index (χ0v) is 22.4. The summed E-state index contributed by atoms with van der Waals surface area (Å²) in [4.78, 5) is 2.89. The molecule has 0 N–H and O–H groups in total. The summed E-state index contributed by atoms with van der Waals surface area (Å²) in [5, 5.41) is 0. The Morgan fingerprint density at radius 1 is 1.11 bits per heavy atom. The monoisotopic (exact) mass is 505 g/mol. The van der Waals surface area contributed by atoms with Gasteiger partial charge >= 0.3 is 0 Å². The molecule has 198 valence electrons. The van der Waals surface area contributed by atoms with Crippen molar-refractivity contribution in [1.82, 2.24) is 4.90 Å². The van der Waals surface area contributed by atoms with E-state index in [-0.39, 0.29) is 22.3 Å². The van der Waals surface area contributed by atoms with Crippen molar-refractivity contribution in [1.29, 1.82) is 0 Å². The zero-order valence-electron chi connectivity index (χ0n) is 22.4. The van der Waals surface area contributed by atoms with Crippen molar-refractivity contribution in [3.05, 3.63) is 47.4 Å². The molecule has 5 aliphatic carbocycles. The lowest BCUT2D eigenvalue weighted by atomic mass is 9.32. The lowest BCUT2D eigenvalue weighted by Crippen LogP contribution is -2.83. The van der Waals surface area contributed by atoms with Crippen molar-refractivity contribution in [2.75, 3.05) is 33.9 Å². The van der Waals surface area contributed by atoms with Crippen LogP contribution in [0, 0.1) is 16.7 Å². The summed E-state index contributed by atoms with van der Waals surface area (Å²) in [7, 11) is 3.69. The van der Waals surface area contributed by atoms with E-state index in [0.717, 1.165) is 55.2 Å². The van der Waals surface area contributed by atoms with Crippen LogP contribution in [0.25, 0.3) is 0 Å². The maximum Gasteiger partial charge on any atom is 0.165 e. The molecule has 6 heteroatoms. The van der Waals surface area contributed by atoms with Gasteiger partial charge in [-0.3, -0.25) is 4.90 Å². The fraction of sp³-hybridized carbons (Fsp3) is 0.677. The fourth-order valence-corrected chi connectivity index (χ4v) is 10.1. The minimum absolute atomic E-state index is 0.0203. The van der Waals surface area contributed by atoms with Crippen molar-refractivity contribution in [3.8, 4) is 11.5 Å². The highest BCUT2D eigenvalue weighted by atomic mass is 16.6. The van der Waals surface area contributed by atoms with Crippen LogP contribution in [0.1, 0.15) is 62.1 Å². The van der Waals surface area contributed by atoms with Gasteiger partial charge in [-0.25, -0.2) is 0 Å². The molecule has 4 bridgehead atoms. The van der Waals surface area contributed by atoms with Crippen LogP contribution in [0.5, 0.6) is 11.5 Å². The molecule has 0 radical (unpaired) electrons. The number of fused-ring (bicyclic) bond motifs is 2. The second-order valence-electron chi connectivity index (χ2n) is 13.1. The molecule has 1 aromatic carbocycles. The molecule has 6 nitrogen and oxygen atoms in total. The van der Waals surface area contributed by atoms with E-state index in [1.54, 1.807) is 19.6 Å². The van der Waals surface area contributed by atoms with E-state index in [4.69, 9.17) is 23.4 Å². The normalized spacial score (nSPS) is 40.9. The van der Waals surface area contributed by atoms with E-state index in [1.165, 1.54) is 36.9 Å². The van der Waals surface area contributed by atoms with Gasteiger partial charge in [0, 0.05) is 47.1 Å². The number of piperidine rings is 1. The molecule has 37 heavy (non-hydrogen) atoms. The molecule has 1 saturated heterocycles. The summed E-state index contributed by atoms with van der Waals surface area (Å²) in [6.45, 7) is 6.05. The van der Waals surface area contributed by atoms with Gasteiger partial charge in [0.25, 0.3) is 0 Å². The van der Waals surface area contributed by atoms with E-state index < -0.39 is 5.60 Å². The van der Waals surface area contributed by atoms with Gasteiger partial charge < -0.3 is 23.4 Å². The Bertz CT molecular complexity index is 1220. The third kappa shape index (κ3) is 2.67. The third-order valence-corrected chi connectivity index (χ3v) is 11.6. The summed E-state index contributed by atoms with van der Waals surface area (Å²) in [6, 6.07) is 7.00. The molecule has 2 aromatic rings. The van der Waals surface area contributed by atoms with E-state index in [1.807, 2.05) is 13.2 Å². The average Bonchev–Trinajstić information content (AvgIpc) is 3.41. The Labute approximate surface area is 219 Å². The summed E-state index contributed by atoms with van der Waals surface area (Å²) in [6.07, 6.45) is 11.9. The molecule has 6 atom stereocenters. The van der Waals surface area contributed by atoms with Crippen molar-refractivity contribution >= 4 is 0 Å². The maximum absolute atomic E-state index is 7.16. The Morgan fingerprint density at radius 3 is 2.76 bits per heavy atom. The Hall–Kier alpha value is -2.02. The molecule has 2 aliphatic heterocycles. The van der Waals surface area contributed by atoms with Gasteiger partial charge in [0.2, 0.25) is 0 Å². The molecule has 4 saturated carbocycles. The van der Waals surface area contributed by atoms with Crippen LogP contribution >= 0.6 is 0 Å². The van der Waals surface area contributed by atoms with E-state index in [0.29, 0.717) is 19.3 Å². The van der Waals surface area contributed by atoms with Crippen LogP contribution in [-0.2, 0) is 27.9 Å². The third-order valence-electron chi connectivity index (χ3n) is 11.6. The van der Waals surface area contributed by atoms with Crippen molar-refractivity contribution in [2.45, 2.75) is 81.6 Å². The van der Waals surface area contributed by atoms with Crippen LogP contribution < -0.4 is 9.47 Å². The van der Waals surface area contributed by atoms with Gasteiger partial charge in [-0.15, -0.1) is 0 Å². The Morgan fingerprint density at radius 2 is 2.00 bits per heavy atom. The Balaban J connectivity index is 1.27. The first-order valence-corrected chi connectivity index (χ1v) is 14.3. The molecule has 2 spiro atoms. The van der Waals surface area contributed by atoms with Crippen LogP contribution in [0.4, 0.5) is 0 Å². The van der Waals surface area contributed by atoms with Gasteiger partial charge in [-0.2, -0.15) is 0 Å². The molecule has 5 fully saturated rings. The lowest BCUT2D eigenvalue weighted by molar-refractivity contribution is -0.314. The zero-order chi connectivity index (χ0) is 25.0. The van der Waals surface area contributed by atoms with Gasteiger partial charge in [0.1, 0.15) is 11.7 Å². The SMILES string of the molecule is COc1ccc2c3c1O[C@H]1[C@@]4(OC)CC[C@@]5(C[C@]4(C)COCc4ccoc4)[C@@H](C2)N(CC2CC2)CC[C@]315. The minimum Gasteiger partial charge on any atom is -0.493 e. The molecular weight excluding hydrogens is 466 g/mol. The lowest BCUT2D eigenvalue weighted by Gasteiger charge is -2.76. The van der Waals surface area contributed by atoms with E-state index >= 15 is 0 Å². The molecule has 7 aliphatic rings. The molecule has 1 aromatic heterocycles. The molecular formula is C31H39NO5. The van der Waals surface area contributed by atoms with Gasteiger partial charge in [-0.1, -0.05) is 13.0 Å². The topological polar surface area (TPSA) is 53.3 Å². The van der Waals surface area contributed by atoms with Crippen molar-refractivity contribution < 1.29 is 23.4 Å². The number of nitrogens with zero attached hydrogens (tertiary/aromatic N) is 1. The largest absolute Gasteiger partial charge is 0.493 e. The molecule has 0 unspecified atom stereocenters. The number of hydrogen-bond acceptors (Lipinski definition) is 6. The number of benzene rings is 1. The molecule has 3 heterocycles. The van der Waals surface area contributed by atoms with Crippen LogP contribution in [-0.4, -0.2) is 56.6 Å². The summed E-state index contributed by atoms with van der Waals surface area (Å²) in [5.74, 6) is 2.76. The van der Waals surface area contributed by atoms with Crippen LogP contribution in [0.15, 0.2) is 35.1 Å². The highest BCUT2D eigenvalue weighted by Gasteiger charge is 2.83. The number of methoxy groups -OCH3 is 2. The number of rotatable bonds is 8. The fourth-order valence-electron chi connectivity index (χ4n) is 10.1. The van der Waals surface area contributed by atoms with Crippen molar-refractivity contribution in [3.63, 3.8) is 0 Å². The average molecular weight is 506 g/mol. The van der Waals surface area contributed by atoms with E-state index in [9.17, 15) is 0 Å². The van der Waals surface area contributed by atoms with Gasteiger partial charge in [0.05, 0.1) is 32.8 Å². The second-order valence-corrected chi connectivity index (χ2v) is 13.1. The van der Waals surface area contributed by atoms with Crippen LogP contribution in [0.2, 0.25) is 0 Å². The first kappa shape index (κ1) is 22.9. The summed E-state index contributed by atoms with van der Waals surface area (Å²) >= 11 is 0. The first-order chi connectivity index (χ1) is 18.0. The van der Waals surface area contributed by atoms with Gasteiger partial charge in [0.15, 0.2) is 11.5 Å². The number of likely N-dealkylation sites (tertiary alicyclic amines) is 1. The molecule has 0 amide bonds. The predicted molar refractivity (Wildman–Crippen MR) is 138 cm³/mol. The second kappa shape index (κ2) is 7.55. The van der Waals surface area contributed by atoms with Gasteiger partial charge in [-0.05, 0) is 75.1 Å². The number of hydrogen-bond donors (Lipinski definition) is 0. The maximum atomic E-state index is 7.16. The first-order valence-electron chi connectivity index (χ1n) is 14.3. The minimum atomic E-state index is -0.410. The van der Waals surface area contributed by atoms with Crippen LogP contribution in [0.3, 0.4) is 0 Å². The quantitative estimate of drug-likeness (QED) is 0.497. The standard InChI is InChI=1S/C31H39NO5/c1-28(19-36-17-21-8-13-35-16-21)18-29-9-10-31(28,34-3)27-30(29)11-12-32(15-20-4-5-20)24(29)14-22-6-7-23(33-2)26(37-27)25(22)30/h6-8,13,16,20,24,27H,4-5,9-12,14-15,17-19H2,1-3H3/t24-,27-,28-,29-,30+,31+/m1/s1. The predicted octanol–water partition coefficient (Wildman–Crippen LogP) is 5.12. The summed E-state index contributed by atoms with van der Waals surface area (Å²) in [5.41, 5.74) is 3.58. The highest BCUT2D eigenvalue weighted by Crippen LogP contribution is 2.79. The molecule has 9 rings (SSSR count). The smallest absolute Gasteiger partial charge is 0.165 e. The van der Waals surface area contributed by atoms with E-state index in [2.05, 4.69) is 24.0 Å². The summed E-state index contributed by atoms with van der Waals surface area (Å²) < 4.78 is 31.5. The number of ether oxygens (including phenoxy) is 4. The number of furan rings is 1. The highest BCUT2D eigenvalue weighted by molar-refractivity contribution is 5.64. The Kier molecular flexibility index (Phi) is 4.67. The van der Waals surface area contributed by atoms with Crippen molar-refractivity contribution in [2.24, 2.45) is 16.7 Å².